The van der Waals surface area contributed by atoms with E-state index in [9.17, 15) is 4.79 Å². The van der Waals surface area contributed by atoms with Gasteiger partial charge in [0.25, 0.3) is 5.91 Å². The zero-order chi connectivity index (χ0) is 19.0. The lowest BCUT2D eigenvalue weighted by atomic mass is 10.2. The Morgan fingerprint density at radius 1 is 1.30 bits per heavy atom. The van der Waals surface area contributed by atoms with E-state index in [2.05, 4.69) is 30.4 Å². The number of carbonyl (C=O) groups excluding carboxylic acids is 1. The Labute approximate surface area is 161 Å². The average molecular weight is 387 g/mol. The number of aryl methyl sites for hydroxylation is 2. The highest BCUT2D eigenvalue weighted by atomic mass is 35.5. The second-order valence-corrected chi connectivity index (χ2v) is 6.92. The van der Waals surface area contributed by atoms with E-state index in [0.29, 0.717) is 23.2 Å². The molecule has 1 fully saturated rings. The summed E-state index contributed by atoms with van der Waals surface area (Å²) in [5.41, 5.74) is 2.13. The van der Waals surface area contributed by atoms with Crippen molar-refractivity contribution in [2.45, 2.75) is 12.5 Å². The van der Waals surface area contributed by atoms with Crippen LogP contribution in [0.1, 0.15) is 16.9 Å². The molecule has 140 valence electrons. The number of nitrogens with one attached hydrogen (secondary N) is 1. The molecule has 9 nitrogen and oxygen atoms in total. The number of hydrogen-bond donors (Lipinski definition) is 1. The van der Waals surface area contributed by atoms with E-state index in [1.807, 2.05) is 19.3 Å². The van der Waals surface area contributed by atoms with Crippen LogP contribution in [0.2, 0.25) is 5.02 Å². The molecule has 1 N–H and O–H groups in total. The van der Waals surface area contributed by atoms with Crippen molar-refractivity contribution in [1.82, 2.24) is 34.8 Å². The van der Waals surface area contributed by atoms with Crippen molar-refractivity contribution in [2.24, 2.45) is 14.1 Å². The fourth-order valence-electron chi connectivity index (χ4n) is 3.19. The summed E-state index contributed by atoms with van der Waals surface area (Å²) in [4.78, 5) is 23.6. The second-order valence-electron chi connectivity index (χ2n) is 6.51. The van der Waals surface area contributed by atoms with Gasteiger partial charge in [-0.25, -0.2) is 9.97 Å². The summed E-state index contributed by atoms with van der Waals surface area (Å²) in [7, 11) is 3.56. The molecule has 1 unspecified atom stereocenters. The van der Waals surface area contributed by atoms with Crippen molar-refractivity contribution in [3.05, 3.63) is 41.6 Å². The highest BCUT2D eigenvalue weighted by molar-refractivity contribution is 6.33. The molecule has 0 aliphatic carbocycles. The molecule has 0 saturated carbocycles. The summed E-state index contributed by atoms with van der Waals surface area (Å²) >= 11 is 6.05. The molecule has 1 atom stereocenters. The Balaban J connectivity index is 1.45. The average Bonchev–Trinajstić information content (AvgIpc) is 3.36. The summed E-state index contributed by atoms with van der Waals surface area (Å²) < 4.78 is 3.22. The number of nitrogens with zero attached hydrogens (tertiary/aromatic N) is 7. The predicted molar refractivity (Wildman–Crippen MR) is 101 cm³/mol. The lowest BCUT2D eigenvalue weighted by Gasteiger charge is -2.17. The number of anilines is 1. The Bertz CT molecular complexity index is 961. The summed E-state index contributed by atoms with van der Waals surface area (Å²) in [6.45, 7) is 1.40. The van der Waals surface area contributed by atoms with Crippen molar-refractivity contribution in [1.29, 1.82) is 0 Å². The lowest BCUT2D eigenvalue weighted by Crippen LogP contribution is -2.38. The Morgan fingerprint density at radius 3 is 2.85 bits per heavy atom. The van der Waals surface area contributed by atoms with E-state index in [0.717, 1.165) is 24.2 Å². The van der Waals surface area contributed by atoms with E-state index in [-0.39, 0.29) is 11.9 Å². The van der Waals surface area contributed by atoms with Crippen LogP contribution in [0.5, 0.6) is 0 Å². The fourth-order valence-corrected chi connectivity index (χ4v) is 3.45. The number of hydrogen-bond acceptors (Lipinski definition) is 6. The SMILES string of the molecule is Cn1cc(-c2ccnc(N3CCC(NC(=O)c4c(Cl)cnn4C)C3)n2)cn1. The van der Waals surface area contributed by atoms with Crippen LogP contribution in [0, 0.1) is 0 Å². The van der Waals surface area contributed by atoms with Crippen LogP contribution in [0.4, 0.5) is 5.95 Å². The van der Waals surface area contributed by atoms with Crippen LogP contribution in [0.25, 0.3) is 11.3 Å². The van der Waals surface area contributed by atoms with Crippen LogP contribution in [-0.2, 0) is 14.1 Å². The third-order valence-electron chi connectivity index (χ3n) is 4.56. The van der Waals surface area contributed by atoms with Gasteiger partial charge in [0.2, 0.25) is 5.95 Å². The van der Waals surface area contributed by atoms with Gasteiger partial charge in [-0.1, -0.05) is 11.6 Å². The van der Waals surface area contributed by atoms with E-state index in [1.54, 1.807) is 24.1 Å². The first-order valence-corrected chi connectivity index (χ1v) is 8.94. The van der Waals surface area contributed by atoms with Gasteiger partial charge < -0.3 is 10.2 Å². The first-order chi connectivity index (χ1) is 13.0. The zero-order valence-electron chi connectivity index (χ0n) is 15.0. The highest BCUT2D eigenvalue weighted by Crippen LogP contribution is 2.21. The number of rotatable bonds is 4. The maximum atomic E-state index is 12.5. The molecule has 4 rings (SSSR count). The minimum absolute atomic E-state index is 0.00545. The number of halogens is 1. The van der Waals surface area contributed by atoms with Crippen LogP contribution in [0.15, 0.2) is 30.9 Å². The first kappa shape index (κ1) is 17.5. The molecule has 1 saturated heterocycles. The quantitative estimate of drug-likeness (QED) is 0.725. The van der Waals surface area contributed by atoms with Gasteiger partial charge in [-0.15, -0.1) is 0 Å². The molecule has 0 aromatic carbocycles. The number of amides is 1. The number of carbonyl (C=O) groups is 1. The van der Waals surface area contributed by atoms with E-state index < -0.39 is 0 Å². The Hall–Kier alpha value is -2.94. The third-order valence-corrected chi connectivity index (χ3v) is 4.84. The van der Waals surface area contributed by atoms with Crippen molar-refractivity contribution in [3.63, 3.8) is 0 Å². The van der Waals surface area contributed by atoms with Gasteiger partial charge in [0.1, 0.15) is 5.69 Å². The van der Waals surface area contributed by atoms with Crippen LogP contribution in [0.3, 0.4) is 0 Å². The maximum absolute atomic E-state index is 12.5. The molecular formula is C17H19ClN8O. The van der Waals surface area contributed by atoms with E-state index >= 15 is 0 Å². The normalized spacial score (nSPS) is 16.7. The van der Waals surface area contributed by atoms with Crippen molar-refractivity contribution in [2.75, 3.05) is 18.0 Å². The molecule has 3 aromatic rings. The molecule has 4 heterocycles. The topological polar surface area (TPSA) is 93.8 Å². The van der Waals surface area contributed by atoms with Gasteiger partial charge in [0.05, 0.1) is 23.1 Å². The van der Waals surface area contributed by atoms with Crippen molar-refractivity contribution in [3.8, 4) is 11.3 Å². The van der Waals surface area contributed by atoms with Gasteiger partial charge in [-0.3, -0.25) is 14.2 Å². The van der Waals surface area contributed by atoms with Gasteiger partial charge in [0, 0.05) is 51.2 Å². The Kier molecular flexibility index (Phi) is 4.53. The monoisotopic (exact) mass is 386 g/mol. The highest BCUT2D eigenvalue weighted by Gasteiger charge is 2.27. The lowest BCUT2D eigenvalue weighted by molar-refractivity contribution is 0.0931. The maximum Gasteiger partial charge on any atom is 0.271 e. The van der Waals surface area contributed by atoms with Gasteiger partial charge >= 0.3 is 0 Å². The summed E-state index contributed by atoms with van der Waals surface area (Å²) in [5.74, 6) is 0.420. The molecular weight excluding hydrogens is 368 g/mol. The number of aromatic nitrogens is 6. The summed E-state index contributed by atoms with van der Waals surface area (Å²) in [5, 5.41) is 11.5. The summed E-state index contributed by atoms with van der Waals surface area (Å²) in [6, 6.07) is 1.86. The molecule has 0 radical (unpaired) electrons. The molecule has 3 aromatic heterocycles. The molecule has 0 bridgehead atoms. The smallest absolute Gasteiger partial charge is 0.271 e. The predicted octanol–water partition coefficient (Wildman–Crippen LogP) is 1.27. The Morgan fingerprint density at radius 2 is 2.15 bits per heavy atom. The largest absolute Gasteiger partial charge is 0.346 e. The van der Waals surface area contributed by atoms with Gasteiger partial charge in [-0.05, 0) is 12.5 Å². The van der Waals surface area contributed by atoms with Crippen molar-refractivity contribution >= 4 is 23.5 Å². The van der Waals surface area contributed by atoms with E-state index in [1.165, 1.54) is 10.9 Å². The minimum Gasteiger partial charge on any atom is -0.346 e. The second kappa shape index (κ2) is 6.99. The molecule has 1 aliphatic heterocycles. The molecule has 0 spiro atoms. The fraction of sp³-hybridized carbons (Fsp3) is 0.353. The standard InChI is InChI=1S/C17H19ClN8O/c1-24-9-11(7-20-24)14-3-5-19-17(23-14)26-6-4-12(10-26)22-16(27)15-13(18)8-21-25(15)2/h3,5,7-9,12H,4,6,10H2,1-2H3,(H,22,27). The molecule has 1 amide bonds. The van der Waals surface area contributed by atoms with Crippen LogP contribution in [-0.4, -0.2) is 54.6 Å². The molecule has 27 heavy (non-hydrogen) atoms. The zero-order valence-corrected chi connectivity index (χ0v) is 15.8. The van der Waals surface area contributed by atoms with Crippen LogP contribution < -0.4 is 10.2 Å². The van der Waals surface area contributed by atoms with Crippen molar-refractivity contribution < 1.29 is 4.79 Å². The first-order valence-electron chi connectivity index (χ1n) is 8.56. The summed E-state index contributed by atoms with van der Waals surface area (Å²) in [6.07, 6.45) is 7.70. The minimum atomic E-state index is -0.225. The van der Waals surface area contributed by atoms with E-state index in [4.69, 9.17) is 11.6 Å². The third kappa shape index (κ3) is 3.50. The van der Waals surface area contributed by atoms with Crippen LogP contribution >= 0.6 is 11.6 Å². The van der Waals surface area contributed by atoms with Gasteiger partial charge in [0.15, 0.2) is 0 Å². The van der Waals surface area contributed by atoms with Gasteiger partial charge in [-0.2, -0.15) is 10.2 Å². The molecule has 1 aliphatic rings. The molecule has 10 heteroatoms.